The van der Waals surface area contributed by atoms with E-state index in [0.29, 0.717) is 23.6 Å². The second-order valence-electron chi connectivity index (χ2n) is 5.58. The number of hydrogen-bond acceptors (Lipinski definition) is 4. The maximum Gasteiger partial charge on any atom is 0.253 e. The monoisotopic (exact) mass is 319 g/mol. The van der Waals surface area contributed by atoms with Crippen LogP contribution < -0.4 is 15.4 Å². The van der Waals surface area contributed by atoms with Gasteiger partial charge in [0, 0.05) is 18.7 Å². The zero-order valence-electron chi connectivity index (χ0n) is 13.9. The summed E-state index contributed by atoms with van der Waals surface area (Å²) in [5.41, 5.74) is 1.12. The van der Waals surface area contributed by atoms with Crippen LogP contribution in [0.15, 0.2) is 18.2 Å². The summed E-state index contributed by atoms with van der Waals surface area (Å²) in [5, 5.41) is 5.60. The molecule has 0 bridgehead atoms. The Bertz CT molecular complexity index is 554. The van der Waals surface area contributed by atoms with Crippen LogP contribution in [0.4, 0.5) is 5.69 Å². The fourth-order valence-corrected chi connectivity index (χ4v) is 2.68. The fourth-order valence-electron chi connectivity index (χ4n) is 2.68. The molecule has 0 radical (unpaired) electrons. The van der Waals surface area contributed by atoms with Crippen LogP contribution >= 0.6 is 0 Å². The maximum atomic E-state index is 12.6. The molecule has 0 unspecified atom stereocenters. The van der Waals surface area contributed by atoms with E-state index < -0.39 is 0 Å². The third kappa shape index (κ3) is 4.69. The largest absolute Gasteiger partial charge is 0.492 e. The van der Waals surface area contributed by atoms with Crippen LogP contribution in [0.2, 0.25) is 0 Å². The Balaban J connectivity index is 2.20. The van der Waals surface area contributed by atoms with Crippen LogP contribution in [-0.4, -0.2) is 50.0 Å². The van der Waals surface area contributed by atoms with Gasteiger partial charge in [-0.2, -0.15) is 0 Å². The normalized spacial score (nSPS) is 14.4. The van der Waals surface area contributed by atoms with Crippen molar-refractivity contribution in [2.45, 2.75) is 26.2 Å². The average molecular weight is 319 g/mol. The number of likely N-dealkylation sites (tertiary alicyclic amines) is 1. The molecule has 6 nitrogen and oxygen atoms in total. The first-order chi connectivity index (χ1) is 11.2. The number of amides is 2. The number of benzene rings is 1. The molecule has 0 spiro atoms. The predicted octanol–water partition coefficient (Wildman–Crippen LogP) is 1.87. The van der Waals surface area contributed by atoms with Crippen LogP contribution in [0.25, 0.3) is 0 Å². The summed E-state index contributed by atoms with van der Waals surface area (Å²) in [4.78, 5) is 26.3. The molecule has 2 N–H and O–H groups in total. The van der Waals surface area contributed by atoms with Crippen LogP contribution in [0.1, 0.15) is 36.5 Å². The molecule has 0 atom stereocenters. The highest BCUT2D eigenvalue weighted by Gasteiger charge is 2.19. The van der Waals surface area contributed by atoms with E-state index in [1.807, 2.05) is 11.8 Å². The fraction of sp³-hybridized carbons (Fsp3) is 0.529. The number of carbonyl (C=O) groups excluding carboxylic acids is 2. The number of nitrogens with one attached hydrogen (secondary N) is 2. The zero-order valence-corrected chi connectivity index (χ0v) is 13.9. The molecule has 0 aliphatic carbocycles. The zero-order chi connectivity index (χ0) is 16.7. The predicted molar refractivity (Wildman–Crippen MR) is 89.9 cm³/mol. The number of nitrogens with zero attached hydrogens (tertiary/aromatic N) is 1. The Morgan fingerprint density at radius 3 is 2.61 bits per heavy atom. The lowest BCUT2D eigenvalue weighted by Gasteiger charge is -2.27. The van der Waals surface area contributed by atoms with E-state index in [1.54, 1.807) is 25.2 Å². The number of carbonyl (C=O) groups is 2. The summed E-state index contributed by atoms with van der Waals surface area (Å²) < 4.78 is 5.54. The molecular formula is C17H25N3O3. The molecular weight excluding hydrogens is 294 g/mol. The summed E-state index contributed by atoms with van der Waals surface area (Å²) in [6, 6.07) is 5.21. The van der Waals surface area contributed by atoms with Gasteiger partial charge in [0.25, 0.3) is 5.91 Å². The van der Waals surface area contributed by atoms with Crippen molar-refractivity contribution in [3.63, 3.8) is 0 Å². The molecule has 1 aromatic carbocycles. The average Bonchev–Trinajstić information content (AvgIpc) is 2.57. The van der Waals surface area contributed by atoms with Gasteiger partial charge in [0.2, 0.25) is 5.91 Å². The molecule has 6 heteroatoms. The van der Waals surface area contributed by atoms with Crippen LogP contribution in [-0.2, 0) is 4.79 Å². The van der Waals surface area contributed by atoms with E-state index in [1.165, 1.54) is 6.42 Å². The summed E-state index contributed by atoms with van der Waals surface area (Å²) in [6.07, 6.45) is 3.28. The molecule has 0 aromatic heterocycles. The minimum Gasteiger partial charge on any atom is -0.492 e. The third-order valence-corrected chi connectivity index (χ3v) is 3.78. The van der Waals surface area contributed by atoms with Crippen molar-refractivity contribution in [1.29, 1.82) is 0 Å². The summed E-state index contributed by atoms with van der Waals surface area (Å²) in [5.74, 6) is 0.417. The third-order valence-electron chi connectivity index (χ3n) is 3.78. The van der Waals surface area contributed by atoms with Gasteiger partial charge in [-0.15, -0.1) is 0 Å². The Hall–Kier alpha value is -2.08. The highest BCUT2D eigenvalue weighted by molar-refractivity contribution is 5.98. The quantitative estimate of drug-likeness (QED) is 0.840. The maximum absolute atomic E-state index is 12.6. The topological polar surface area (TPSA) is 70.7 Å². The Kier molecular flexibility index (Phi) is 6.40. The number of likely N-dealkylation sites (N-methyl/N-ethyl adjacent to an activating group) is 1. The van der Waals surface area contributed by atoms with Gasteiger partial charge in [0.15, 0.2) is 0 Å². The molecule has 126 valence electrons. The number of rotatable bonds is 6. The van der Waals surface area contributed by atoms with Crippen LogP contribution in [0, 0.1) is 0 Å². The Morgan fingerprint density at radius 2 is 1.96 bits per heavy atom. The Morgan fingerprint density at radius 1 is 1.22 bits per heavy atom. The van der Waals surface area contributed by atoms with Gasteiger partial charge in [-0.25, -0.2) is 0 Å². The Labute approximate surface area is 137 Å². The highest BCUT2D eigenvalue weighted by atomic mass is 16.5. The number of hydrogen-bond donors (Lipinski definition) is 2. The lowest BCUT2D eigenvalue weighted by Crippen LogP contribution is -2.35. The van der Waals surface area contributed by atoms with Crippen LogP contribution in [0.5, 0.6) is 5.75 Å². The van der Waals surface area contributed by atoms with Gasteiger partial charge >= 0.3 is 0 Å². The number of ether oxygens (including phenoxy) is 1. The molecule has 1 aliphatic rings. The minimum absolute atomic E-state index is 0.0110. The molecule has 2 amide bonds. The first kappa shape index (κ1) is 17.3. The first-order valence-electron chi connectivity index (χ1n) is 8.16. The second-order valence-corrected chi connectivity index (χ2v) is 5.58. The van der Waals surface area contributed by atoms with Gasteiger partial charge in [-0.3, -0.25) is 9.59 Å². The minimum atomic E-state index is -0.170. The van der Waals surface area contributed by atoms with Gasteiger partial charge in [-0.1, -0.05) is 0 Å². The summed E-state index contributed by atoms with van der Waals surface area (Å²) in [7, 11) is 1.71. The van der Waals surface area contributed by atoms with Crippen molar-refractivity contribution in [1.82, 2.24) is 10.2 Å². The molecule has 1 saturated heterocycles. The SMILES string of the molecule is CCOc1ccc(C(=O)N2CCCCC2)cc1NC(=O)CNC. The van der Waals surface area contributed by atoms with Gasteiger partial charge in [0.05, 0.1) is 18.8 Å². The van der Waals surface area contributed by atoms with E-state index in [-0.39, 0.29) is 18.4 Å². The molecule has 1 aromatic rings. The van der Waals surface area contributed by atoms with Crippen molar-refractivity contribution in [3.8, 4) is 5.75 Å². The van der Waals surface area contributed by atoms with E-state index in [0.717, 1.165) is 25.9 Å². The first-order valence-corrected chi connectivity index (χ1v) is 8.16. The lowest BCUT2D eigenvalue weighted by molar-refractivity contribution is -0.115. The summed E-state index contributed by atoms with van der Waals surface area (Å²) >= 11 is 0. The van der Waals surface area contributed by atoms with Crippen LogP contribution in [0.3, 0.4) is 0 Å². The van der Waals surface area contributed by atoms with Crippen molar-refractivity contribution < 1.29 is 14.3 Å². The molecule has 1 aliphatic heterocycles. The molecule has 1 heterocycles. The van der Waals surface area contributed by atoms with Gasteiger partial charge in [-0.05, 0) is 51.4 Å². The standard InChI is InChI=1S/C17H25N3O3/c1-3-23-15-8-7-13(11-14(15)19-16(21)12-18-2)17(22)20-9-5-4-6-10-20/h7-8,11,18H,3-6,9-10,12H2,1-2H3,(H,19,21). The van der Waals surface area contributed by atoms with E-state index in [4.69, 9.17) is 4.74 Å². The number of anilines is 1. The highest BCUT2D eigenvalue weighted by Crippen LogP contribution is 2.27. The lowest BCUT2D eigenvalue weighted by atomic mass is 10.1. The van der Waals surface area contributed by atoms with E-state index in [9.17, 15) is 9.59 Å². The van der Waals surface area contributed by atoms with E-state index in [2.05, 4.69) is 10.6 Å². The second kappa shape index (κ2) is 8.53. The van der Waals surface area contributed by atoms with Crippen molar-refractivity contribution in [2.75, 3.05) is 38.6 Å². The molecule has 1 fully saturated rings. The molecule has 2 rings (SSSR count). The van der Waals surface area contributed by atoms with Crippen molar-refractivity contribution >= 4 is 17.5 Å². The number of piperidine rings is 1. The van der Waals surface area contributed by atoms with Crippen molar-refractivity contribution in [2.24, 2.45) is 0 Å². The van der Waals surface area contributed by atoms with E-state index >= 15 is 0 Å². The van der Waals surface area contributed by atoms with Gasteiger partial charge < -0.3 is 20.3 Å². The summed E-state index contributed by atoms with van der Waals surface area (Å²) in [6.45, 7) is 4.18. The molecule has 0 saturated carbocycles. The van der Waals surface area contributed by atoms with Crippen molar-refractivity contribution in [3.05, 3.63) is 23.8 Å². The van der Waals surface area contributed by atoms with Gasteiger partial charge in [0.1, 0.15) is 5.75 Å². The smallest absolute Gasteiger partial charge is 0.253 e. The molecule has 23 heavy (non-hydrogen) atoms.